The molecule has 4 rings (SSSR count). The standard InChI is InChI=1S/C16H21N5O2/c22-16(14-4-2-10-23-14)20-8-5-12(6-9-20)19-13-3-1-7-21-15(13)17-11-18-21/h1,3,7,11-12,14,19H,2,4-6,8-10H2/t14-/m0/s1. The van der Waals surface area contributed by atoms with Gasteiger partial charge in [0.05, 0.1) is 5.69 Å². The lowest BCUT2D eigenvalue weighted by atomic mass is 10.0. The number of ether oxygens (including phenoxy) is 1. The molecule has 2 aliphatic heterocycles. The van der Waals surface area contributed by atoms with Gasteiger partial charge in [-0.3, -0.25) is 4.79 Å². The van der Waals surface area contributed by atoms with Crippen molar-refractivity contribution < 1.29 is 9.53 Å². The van der Waals surface area contributed by atoms with Crippen LogP contribution in [0.2, 0.25) is 0 Å². The molecule has 7 nitrogen and oxygen atoms in total. The van der Waals surface area contributed by atoms with E-state index in [0.717, 1.165) is 56.7 Å². The molecule has 122 valence electrons. The molecule has 0 aliphatic carbocycles. The molecular formula is C16H21N5O2. The number of carbonyl (C=O) groups excluding carboxylic acids is 1. The molecule has 1 atom stereocenters. The summed E-state index contributed by atoms with van der Waals surface area (Å²) >= 11 is 0. The highest BCUT2D eigenvalue weighted by Gasteiger charge is 2.30. The largest absolute Gasteiger partial charge is 0.379 e. The third-order valence-corrected chi connectivity index (χ3v) is 4.68. The van der Waals surface area contributed by atoms with E-state index in [0.29, 0.717) is 6.04 Å². The van der Waals surface area contributed by atoms with Crippen LogP contribution in [-0.2, 0) is 9.53 Å². The number of amides is 1. The lowest BCUT2D eigenvalue weighted by Crippen LogP contribution is -2.46. The molecule has 1 N–H and O–H groups in total. The van der Waals surface area contributed by atoms with Crippen molar-refractivity contribution in [2.24, 2.45) is 0 Å². The second-order valence-corrected chi connectivity index (χ2v) is 6.20. The predicted molar refractivity (Wildman–Crippen MR) is 85.2 cm³/mol. The van der Waals surface area contributed by atoms with E-state index < -0.39 is 0 Å². The quantitative estimate of drug-likeness (QED) is 0.924. The van der Waals surface area contributed by atoms with E-state index in [1.165, 1.54) is 0 Å². The molecule has 0 bridgehead atoms. The number of likely N-dealkylation sites (tertiary alicyclic amines) is 1. The van der Waals surface area contributed by atoms with Crippen molar-refractivity contribution in [1.82, 2.24) is 19.5 Å². The Morgan fingerprint density at radius 2 is 2.17 bits per heavy atom. The molecule has 0 saturated carbocycles. The monoisotopic (exact) mass is 315 g/mol. The minimum Gasteiger partial charge on any atom is -0.379 e. The van der Waals surface area contributed by atoms with Crippen LogP contribution in [0.4, 0.5) is 5.69 Å². The average Bonchev–Trinajstić information content (AvgIpc) is 3.27. The molecule has 2 fully saturated rings. The molecule has 2 aromatic heterocycles. The molecule has 1 amide bonds. The molecule has 2 aliphatic rings. The SMILES string of the molecule is O=C([C@@H]1CCCO1)N1CCC(Nc2cccn3ncnc23)CC1. The number of carbonyl (C=O) groups is 1. The van der Waals surface area contributed by atoms with E-state index in [2.05, 4.69) is 15.4 Å². The summed E-state index contributed by atoms with van der Waals surface area (Å²) in [7, 11) is 0. The van der Waals surface area contributed by atoms with Crippen molar-refractivity contribution in [1.29, 1.82) is 0 Å². The Bertz CT molecular complexity index is 687. The van der Waals surface area contributed by atoms with Gasteiger partial charge < -0.3 is 15.0 Å². The summed E-state index contributed by atoms with van der Waals surface area (Å²) in [6.07, 6.45) is 6.98. The summed E-state index contributed by atoms with van der Waals surface area (Å²) < 4.78 is 7.27. The van der Waals surface area contributed by atoms with Gasteiger partial charge in [-0.25, -0.2) is 9.50 Å². The predicted octanol–water partition coefficient (Wildman–Crippen LogP) is 1.31. The van der Waals surface area contributed by atoms with Crippen LogP contribution in [0.25, 0.3) is 5.65 Å². The van der Waals surface area contributed by atoms with E-state index in [9.17, 15) is 4.79 Å². The van der Waals surface area contributed by atoms with Crippen LogP contribution < -0.4 is 5.32 Å². The first kappa shape index (κ1) is 14.4. The lowest BCUT2D eigenvalue weighted by molar-refractivity contribution is -0.141. The van der Waals surface area contributed by atoms with Crippen molar-refractivity contribution >= 4 is 17.2 Å². The van der Waals surface area contributed by atoms with Gasteiger partial charge in [0.1, 0.15) is 12.4 Å². The van der Waals surface area contributed by atoms with Gasteiger partial charge in [-0.15, -0.1) is 0 Å². The molecule has 0 spiro atoms. The van der Waals surface area contributed by atoms with Crippen LogP contribution in [-0.4, -0.2) is 57.2 Å². The van der Waals surface area contributed by atoms with Gasteiger partial charge in [0.25, 0.3) is 5.91 Å². The molecule has 2 aromatic rings. The topological polar surface area (TPSA) is 71.8 Å². The van der Waals surface area contributed by atoms with E-state index in [4.69, 9.17) is 4.74 Å². The van der Waals surface area contributed by atoms with Crippen molar-refractivity contribution in [3.8, 4) is 0 Å². The Morgan fingerprint density at radius 1 is 1.30 bits per heavy atom. The first-order chi connectivity index (χ1) is 11.3. The first-order valence-corrected chi connectivity index (χ1v) is 8.26. The Morgan fingerprint density at radius 3 is 2.96 bits per heavy atom. The molecule has 2 saturated heterocycles. The zero-order chi connectivity index (χ0) is 15.6. The molecule has 7 heteroatoms. The van der Waals surface area contributed by atoms with Crippen LogP contribution in [0.15, 0.2) is 24.7 Å². The Hall–Kier alpha value is -2.15. The van der Waals surface area contributed by atoms with Crippen molar-refractivity contribution in [2.45, 2.75) is 37.8 Å². The van der Waals surface area contributed by atoms with E-state index >= 15 is 0 Å². The smallest absolute Gasteiger partial charge is 0.251 e. The number of aromatic nitrogens is 3. The molecule has 23 heavy (non-hydrogen) atoms. The zero-order valence-corrected chi connectivity index (χ0v) is 13.0. The number of hydrogen-bond donors (Lipinski definition) is 1. The molecular weight excluding hydrogens is 294 g/mol. The van der Waals surface area contributed by atoms with Crippen LogP contribution in [0, 0.1) is 0 Å². The third-order valence-electron chi connectivity index (χ3n) is 4.68. The fraction of sp³-hybridized carbons (Fsp3) is 0.562. The second kappa shape index (κ2) is 6.16. The number of hydrogen-bond acceptors (Lipinski definition) is 5. The number of piperidine rings is 1. The number of nitrogens with zero attached hydrogens (tertiary/aromatic N) is 4. The number of fused-ring (bicyclic) bond motifs is 1. The molecule has 0 aromatic carbocycles. The maximum Gasteiger partial charge on any atom is 0.251 e. The fourth-order valence-corrected chi connectivity index (χ4v) is 3.40. The van der Waals surface area contributed by atoms with Gasteiger partial charge in [-0.05, 0) is 37.8 Å². The number of nitrogens with one attached hydrogen (secondary N) is 1. The number of anilines is 1. The third kappa shape index (κ3) is 2.88. The van der Waals surface area contributed by atoms with Gasteiger partial charge >= 0.3 is 0 Å². The van der Waals surface area contributed by atoms with Crippen LogP contribution in [0.3, 0.4) is 0 Å². The van der Waals surface area contributed by atoms with Gasteiger partial charge in [0.2, 0.25) is 0 Å². The fourth-order valence-electron chi connectivity index (χ4n) is 3.40. The highest BCUT2D eigenvalue weighted by molar-refractivity contribution is 5.81. The van der Waals surface area contributed by atoms with E-state index in [1.807, 2.05) is 23.2 Å². The number of rotatable bonds is 3. The zero-order valence-electron chi connectivity index (χ0n) is 13.0. The van der Waals surface area contributed by atoms with E-state index in [-0.39, 0.29) is 12.0 Å². The van der Waals surface area contributed by atoms with Crippen LogP contribution in [0.1, 0.15) is 25.7 Å². The summed E-state index contributed by atoms with van der Waals surface area (Å²) in [4.78, 5) is 18.6. The summed E-state index contributed by atoms with van der Waals surface area (Å²) in [5, 5.41) is 7.70. The van der Waals surface area contributed by atoms with Crippen molar-refractivity contribution in [2.75, 3.05) is 25.0 Å². The molecule has 4 heterocycles. The van der Waals surface area contributed by atoms with Crippen molar-refractivity contribution in [3.05, 3.63) is 24.7 Å². The number of pyridine rings is 1. The van der Waals surface area contributed by atoms with Crippen LogP contribution in [0.5, 0.6) is 0 Å². The normalized spacial score (nSPS) is 22.6. The summed E-state index contributed by atoms with van der Waals surface area (Å²) in [5.74, 6) is 0.167. The Balaban J connectivity index is 1.36. The minimum absolute atomic E-state index is 0.167. The lowest BCUT2D eigenvalue weighted by Gasteiger charge is -2.34. The van der Waals surface area contributed by atoms with Gasteiger partial charge in [-0.1, -0.05) is 0 Å². The summed E-state index contributed by atoms with van der Waals surface area (Å²) in [5.41, 5.74) is 1.83. The molecule has 0 unspecified atom stereocenters. The second-order valence-electron chi connectivity index (χ2n) is 6.20. The van der Waals surface area contributed by atoms with Gasteiger partial charge in [0.15, 0.2) is 5.65 Å². The molecule has 0 radical (unpaired) electrons. The highest BCUT2D eigenvalue weighted by atomic mass is 16.5. The van der Waals surface area contributed by atoms with E-state index in [1.54, 1.807) is 10.8 Å². The highest BCUT2D eigenvalue weighted by Crippen LogP contribution is 2.22. The van der Waals surface area contributed by atoms with Crippen LogP contribution >= 0.6 is 0 Å². The Labute approximate surface area is 134 Å². The van der Waals surface area contributed by atoms with Gasteiger partial charge in [0, 0.05) is 31.9 Å². The maximum absolute atomic E-state index is 12.4. The minimum atomic E-state index is -0.204. The average molecular weight is 315 g/mol. The summed E-state index contributed by atoms with van der Waals surface area (Å²) in [6, 6.07) is 4.33. The van der Waals surface area contributed by atoms with Crippen molar-refractivity contribution in [3.63, 3.8) is 0 Å². The first-order valence-electron chi connectivity index (χ1n) is 8.26. The summed E-state index contributed by atoms with van der Waals surface area (Å²) in [6.45, 7) is 2.29. The maximum atomic E-state index is 12.4. The van der Waals surface area contributed by atoms with Gasteiger partial charge in [-0.2, -0.15) is 5.10 Å². The Kier molecular flexibility index (Phi) is 3.87.